The molecule has 0 aromatic carbocycles. The molecule has 0 saturated carbocycles. The number of aromatic nitrogens is 2. The van der Waals surface area contributed by atoms with Gasteiger partial charge in [-0.15, -0.1) is 0 Å². The first-order valence-electron chi connectivity index (χ1n) is 5.22. The number of hydrogen-bond acceptors (Lipinski definition) is 5. The van der Waals surface area contributed by atoms with Gasteiger partial charge in [-0.3, -0.25) is 4.79 Å². The van der Waals surface area contributed by atoms with Crippen molar-refractivity contribution in [2.75, 3.05) is 18.9 Å². The third kappa shape index (κ3) is 3.77. The monoisotopic (exact) mass is 242 g/mol. The number of anilines is 1. The van der Waals surface area contributed by atoms with Crippen molar-refractivity contribution in [1.29, 1.82) is 0 Å². The normalized spacial score (nSPS) is 11.2. The SMILES string of the molecule is CNC(=O)CCNc1nc(C(C)(C)C)ns1. The molecule has 0 unspecified atom stereocenters. The molecule has 0 aliphatic heterocycles. The number of nitrogens with zero attached hydrogens (tertiary/aromatic N) is 2. The molecule has 6 heteroatoms. The predicted octanol–water partition coefficient (Wildman–Crippen LogP) is 1.38. The fraction of sp³-hybridized carbons (Fsp3) is 0.700. The summed E-state index contributed by atoms with van der Waals surface area (Å²) in [5.74, 6) is 0.855. The van der Waals surface area contributed by atoms with Gasteiger partial charge in [0.15, 0.2) is 0 Å². The highest BCUT2D eigenvalue weighted by atomic mass is 32.1. The van der Waals surface area contributed by atoms with Gasteiger partial charge in [0.2, 0.25) is 11.0 Å². The molecule has 0 atom stereocenters. The Balaban J connectivity index is 2.44. The molecule has 1 heterocycles. The molecular weight excluding hydrogens is 224 g/mol. The molecule has 1 amide bonds. The average molecular weight is 242 g/mol. The summed E-state index contributed by atoms with van der Waals surface area (Å²) in [7, 11) is 1.63. The van der Waals surface area contributed by atoms with Gasteiger partial charge in [-0.2, -0.15) is 4.37 Å². The van der Waals surface area contributed by atoms with Crippen LogP contribution in [0, 0.1) is 0 Å². The van der Waals surface area contributed by atoms with E-state index in [2.05, 4.69) is 40.8 Å². The van der Waals surface area contributed by atoms with E-state index in [1.54, 1.807) is 7.05 Å². The third-order valence-corrected chi connectivity index (χ3v) is 2.68. The van der Waals surface area contributed by atoms with Crippen LogP contribution in [0.15, 0.2) is 0 Å². The fourth-order valence-electron chi connectivity index (χ4n) is 1.01. The van der Waals surface area contributed by atoms with E-state index in [4.69, 9.17) is 0 Å². The summed E-state index contributed by atoms with van der Waals surface area (Å²) in [6.45, 7) is 6.80. The minimum absolute atomic E-state index is 0.0214. The van der Waals surface area contributed by atoms with Crippen LogP contribution in [0.4, 0.5) is 5.13 Å². The van der Waals surface area contributed by atoms with Crippen LogP contribution in [0.3, 0.4) is 0 Å². The van der Waals surface area contributed by atoms with Crippen LogP contribution in [0.5, 0.6) is 0 Å². The zero-order valence-electron chi connectivity index (χ0n) is 10.1. The van der Waals surface area contributed by atoms with Gasteiger partial charge in [0.25, 0.3) is 0 Å². The second-order valence-electron chi connectivity index (χ2n) is 4.52. The number of nitrogens with one attached hydrogen (secondary N) is 2. The van der Waals surface area contributed by atoms with Gasteiger partial charge in [-0.25, -0.2) is 4.98 Å². The van der Waals surface area contributed by atoms with E-state index >= 15 is 0 Å². The molecule has 0 bridgehead atoms. The van der Waals surface area contributed by atoms with Crippen LogP contribution in [0.25, 0.3) is 0 Å². The second kappa shape index (κ2) is 5.25. The van der Waals surface area contributed by atoms with Crippen molar-refractivity contribution in [2.24, 2.45) is 0 Å². The van der Waals surface area contributed by atoms with Crippen molar-refractivity contribution >= 4 is 22.6 Å². The maximum atomic E-state index is 11.0. The molecule has 1 aromatic heterocycles. The van der Waals surface area contributed by atoms with Crippen LogP contribution in [0.2, 0.25) is 0 Å². The fourth-order valence-corrected chi connectivity index (χ4v) is 1.79. The van der Waals surface area contributed by atoms with E-state index < -0.39 is 0 Å². The zero-order valence-corrected chi connectivity index (χ0v) is 10.9. The Labute approximate surface area is 99.8 Å². The summed E-state index contributed by atoms with van der Waals surface area (Å²) in [6, 6.07) is 0. The molecule has 16 heavy (non-hydrogen) atoms. The predicted molar refractivity (Wildman–Crippen MR) is 65.8 cm³/mol. The van der Waals surface area contributed by atoms with Crippen molar-refractivity contribution in [2.45, 2.75) is 32.6 Å². The smallest absolute Gasteiger partial charge is 0.221 e. The maximum Gasteiger partial charge on any atom is 0.221 e. The third-order valence-electron chi connectivity index (χ3n) is 2.00. The summed E-state index contributed by atoms with van der Waals surface area (Å²) in [6.07, 6.45) is 0.445. The Morgan fingerprint density at radius 1 is 1.44 bits per heavy atom. The van der Waals surface area contributed by atoms with Crippen molar-refractivity contribution < 1.29 is 4.79 Å². The van der Waals surface area contributed by atoms with E-state index in [0.29, 0.717) is 13.0 Å². The van der Waals surface area contributed by atoms with Gasteiger partial charge in [0, 0.05) is 37.0 Å². The van der Waals surface area contributed by atoms with Crippen LogP contribution in [-0.4, -0.2) is 28.9 Å². The number of carbonyl (C=O) groups is 1. The lowest BCUT2D eigenvalue weighted by atomic mass is 9.96. The standard InChI is InChI=1S/C10H18N4OS/c1-10(2,3)8-13-9(16-14-8)12-6-5-7(15)11-4/h5-6H2,1-4H3,(H,11,15)(H,12,13,14). The van der Waals surface area contributed by atoms with Gasteiger partial charge in [-0.1, -0.05) is 20.8 Å². The van der Waals surface area contributed by atoms with Crippen molar-refractivity contribution in [3.63, 3.8) is 0 Å². The van der Waals surface area contributed by atoms with Crippen LogP contribution in [0.1, 0.15) is 33.0 Å². The molecule has 0 aliphatic rings. The van der Waals surface area contributed by atoms with Gasteiger partial charge in [0.1, 0.15) is 5.82 Å². The molecule has 90 valence electrons. The minimum atomic E-state index is -0.0305. The van der Waals surface area contributed by atoms with E-state index in [1.807, 2.05) is 0 Å². The summed E-state index contributed by atoms with van der Waals surface area (Å²) >= 11 is 1.33. The first kappa shape index (κ1) is 12.9. The molecule has 5 nitrogen and oxygen atoms in total. The molecule has 2 N–H and O–H groups in total. The molecular formula is C10H18N4OS. The first-order chi connectivity index (χ1) is 7.43. The summed E-state index contributed by atoms with van der Waals surface area (Å²) in [4.78, 5) is 15.4. The zero-order chi connectivity index (χ0) is 12.2. The quantitative estimate of drug-likeness (QED) is 0.837. The Kier molecular flexibility index (Phi) is 4.23. The topological polar surface area (TPSA) is 66.9 Å². The summed E-state index contributed by atoms with van der Waals surface area (Å²) < 4.78 is 4.27. The molecule has 0 radical (unpaired) electrons. The molecule has 0 saturated heterocycles. The first-order valence-corrected chi connectivity index (χ1v) is 5.99. The number of rotatable bonds is 4. The summed E-state index contributed by atoms with van der Waals surface area (Å²) in [5, 5.41) is 6.43. The van der Waals surface area contributed by atoms with Crippen LogP contribution >= 0.6 is 11.5 Å². The number of carbonyl (C=O) groups excluding carboxylic acids is 1. The molecule has 0 aliphatic carbocycles. The van der Waals surface area contributed by atoms with Crippen molar-refractivity contribution in [3.05, 3.63) is 5.82 Å². The lowest BCUT2D eigenvalue weighted by molar-refractivity contribution is -0.120. The van der Waals surface area contributed by atoms with Gasteiger partial charge in [-0.05, 0) is 0 Å². The Morgan fingerprint density at radius 2 is 2.12 bits per heavy atom. The van der Waals surface area contributed by atoms with E-state index in [-0.39, 0.29) is 11.3 Å². The number of amides is 1. The molecule has 1 rings (SSSR count). The van der Waals surface area contributed by atoms with Gasteiger partial charge < -0.3 is 10.6 Å². The van der Waals surface area contributed by atoms with E-state index in [1.165, 1.54) is 11.5 Å². The van der Waals surface area contributed by atoms with E-state index in [0.717, 1.165) is 11.0 Å². The highest BCUT2D eigenvalue weighted by Crippen LogP contribution is 2.22. The lowest BCUT2D eigenvalue weighted by Crippen LogP contribution is -2.20. The average Bonchev–Trinajstić information content (AvgIpc) is 2.65. The van der Waals surface area contributed by atoms with Crippen molar-refractivity contribution in [1.82, 2.24) is 14.7 Å². The lowest BCUT2D eigenvalue weighted by Gasteiger charge is -2.12. The highest BCUT2D eigenvalue weighted by Gasteiger charge is 2.19. The Morgan fingerprint density at radius 3 is 2.62 bits per heavy atom. The minimum Gasteiger partial charge on any atom is -0.360 e. The highest BCUT2D eigenvalue weighted by molar-refractivity contribution is 7.09. The van der Waals surface area contributed by atoms with E-state index in [9.17, 15) is 4.79 Å². The molecule has 0 spiro atoms. The molecule has 1 aromatic rings. The summed E-state index contributed by atoms with van der Waals surface area (Å²) in [5.41, 5.74) is -0.0305. The van der Waals surface area contributed by atoms with Crippen molar-refractivity contribution in [3.8, 4) is 0 Å². The maximum absolute atomic E-state index is 11.0. The Bertz CT molecular complexity index is 356. The van der Waals surface area contributed by atoms with Crippen LogP contribution < -0.4 is 10.6 Å². The Hall–Kier alpha value is -1.17. The van der Waals surface area contributed by atoms with Crippen LogP contribution in [-0.2, 0) is 10.2 Å². The van der Waals surface area contributed by atoms with Gasteiger partial charge >= 0.3 is 0 Å². The second-order valence-corrected chi connectivity index (χ2v) is 5.27. The molecule has 0 fully saturated rings. The van der Waals surface area contributed by atoms with Gasteiger partial charge in [0.05, 0.1) is 0 Å². The number of hydrogen-bond donors (Lipinski definition) is 2. The largest absolute Gasteiger partial charge is 0.360 e.